The summed E-state index contributed by atoms with van der Waals surface area (Å²) in [6.45, 7) is 3.56. The summed E-state index contributed by atoms with van der Waals surface area (Å²) in [4.78, 5) is 12.6. The number of carbonyl (C=O) groups is 1. The molecular formula is C22H22ClN3O2. The summed E-state index contributed by atoms with van der Waals surface area (Å²) in [5, 5.41) is 8.28. The number of halogens is 1. The van der Waals surface area contributed by atoms with Crippen LogP contribution >= 0.6 is 11.6 Å². The summed E-state index contributed by atoms with van der Waals surface area (Å²) in [5.41, 5.74) is 4.65. The lowest BCUT2D eigenvalue weighted by atomic mass is 10.1. The van der Waals surface area contributed by atoms with Gasteiger partial charge in [0.1, 0.15) is 6.10 Å². The van der Waals surface area contributed by atoms with Crippen LogP contribution in [0.25, 0.3) is 0 Å². The molecule has 0 fully saturated rings. The van der Waals surface area contributed by atoms with E-state index >= 15 is 0 Å². The van der Waals surface area contributed by atoms with Crippen molar-refractivity contribution in [3.05, 3.63) is 87.7 Å². The molecule has 1 aromatic heterocycles. The van der Waals surface area contributed by atoms with Gasteiger partial charge in [0.05, 0.1) is 18.8 Å². The third kappa shape index (κ3) is 3.96. The van der Waals surface area contributed by atoms with Crippen LogP contribution in [-0.4, -0.2) is 28.8 Å². The topological polar surface area (TPSA) is 56.1 Å². The SMILES string of the molecule is Cc1c(Cl)cccc1C(=O)NCC1OCCc2cn(Cc3ccccc3)nc21. The Kier molecular flexibility index (Phi) is 5.46. The maximum Gasteiger partial charge on any atom is 0.251 e. The van der Waals surface area contributed by atoms with Crippen molar-refractivity contribution in [2.75, 3.05) is 13.2 Å². The van der Waals surface area contributed by atoms with Crippen LogP contribution in [0, 0.1) is 6.92 Å². The Morgan fingerprint density at radius 3 is 2.89 bits per heavy atom. The number of carbonyl (C=O) groups excluding carboxylic acids is 1. The maximum atomic E-state index is 12.6. The zero-order chi connectivity index (χ0) is 19.5. The first kappa shape index (κ1) is 18.7. The Labute approximate surface area is 169 Å². The van der Waals surface area contributed by atoms with Crippen LogP contribution in [0.4, 0.5) is 0 Å². The minimum absolute atomic E-state index is 0.153. The van der Waals surface area contributed by atoms with Gasteiger partial charge in [-0.05, 0) is 42.2 Å². The molecule has 0 spiro atoms. The van der Waals surface area contributed by atoms with E-state index in [1.165, 1.54) is 11.1 Å². The Hall–Kier alpha value is -2.63. The summed E-state index contributed by atoms with van der Waals surface area (Å²) in [6, 6.07) is 15.6. The second kappa shape index (κ2) is 8.17. The van der Waals surface area contributed by atoms with Gasteiger partial charge in [-0.3, -0.25) is 9.48 Å². The highest BCUT2D eigenvalue weighted by molar-refractivity contribution is 6.31. The molecule has 3 aromatic rings. The highest BCUT2D eigenvalue weighted by Crippen LogP contribution is 2.26. The van der Waals surface area contributed by atoms with Crippen molar-refractivity contribution in [1.29, 1.82) is 0 Å². The summed E-state index contributed by atoms with van der Waals surface area (Å²) in [7, 11) is 0. The van der Waals surface area contributed by atoms with Crippen LogP contribution in [0.3, 0.4) is 0 Å². The quantitative estimate of drug-likeness (QED) is 0.712. The van der Waals surface area contributed by atoms with Crippen molar-refractivity contribution in [1.82, 2.24) is 15.1 Å². The molecule has 1 amide bonds. The zero-order valence-corrected chi connectivity index (χ0v) is 16.4. The molecule has 2 aromatic carbocycles. The van der Waals surface area contributed by atoms with Gasteiger partial charge in [-0.25, -0.2) is 0 Å². The molecular weight excluding hydrogens is 374 g/mol. The lowest BCUT2D eigenvalue weighted by Crippen LogP contribution is -2.32. The molecule has 0 aliphatic carbocycles. The van der Waals surface area contributed by atoms with Crippen molar-refractivity contribution in [3.8, 4) is 0 Å². The summed E-state index contributed by atoms with van der Waals surface area (Å²) in [5.74, 6) is -0.153. The van der Waals surface area contributed by atoms with Gasteiger partial charge in [0, 0.05) is 23.3 Å². The van der Waals surface area contributed by atoms with E-state index in [4.69, 9.17) is 21.4 Å². The van der Waals surface area contributed by atoms with Gasteiger partial charge in [0.15, 0.2) is 0 Å². The molecule has 28 heavy (non-hydrogen) atoms. The monoisotopic (exact) mass is 395 g/mol. The van der Waals surface area contributed by atoms with Gasteiger partial charge in [-0.2, -0.15) is 5.10 Å². The largest absolute Gasteiger partial charge is 0.370 e. The fourth-order valence-corrected chi connectivity index (χ4v) is 3.65. The molecule has 6 heteroatoms. The molecule has 1 N–H and O–H groups in total. The first-order chi connectivity index (χ1) is 13.6. The Balaban J connectivity index is 1.46. The van der Waals surface area contributed by atoms with E-state index in [9.17, 15) is 4.79 Å². The molecule has 0 saturated heterocycles. The molecule has 4 rings (SSSR count). The maximum absolute atomic E-state index is 12.6. The lowest BCUT2D eigenvalue weighted by molar-refractivity contribution is 0.0383. The number of hydrogen-bond donors (Lipinski definition) is 1. The van der Waals surface area contributed by atoms with Crippen molar-refractivity contribution < 1.29 is 9.53 Å². The molecule has 144 valence electrons. The van der Waals surface area contributed by atoms with E-state index in [0.717, 1.165) is 17.7 Å². The Morgan fingerprint density at radius 1 is 1.25 bits per heavy atom. The van der Waals surface area contributed by atoms with E-state index < -0.39 is 0 Å². The Morgan fingerprint density at radius 2 is 2.07 bits per heavy atom. The van der Waals surface area contributed by atoms with E-state index in [2.05, 4.69) is 23.6 Å². The number of nitrogens with one attached hydrogen (secondary N) is 1. The van der Waals surface area contributed by atoms with Crippen LogP contribution in [0.2, 0.25) is 5.02 Å². The molecule has 1 aliphatic heterocycles. The minimum atomic E-state index is -0.246. The van der Waals surface area contributed by atoms with Crippen molar-refractivity contribution >= 4 is 17.5 Å². The van der Waals surface area contributed by atoms with Gasteiger partial charge in [-0.1, -0.05) is 48.0 Å². The number of amides is 1. The van der Waals surface area contributed by atoms with Crippen molar-refractivity contribution in [2.24, 2.45) is 0 Å². The van der Waals surface area contributed by atoms with Gasteiger partial charge >= 0.3 is 0 Å². The molecule has 1 unspecified atom stereocenters. The predicted octanol–water partition coefficient (Wildman–Crippen LogP) is 3.94. The molecule has 2 heterocycles. The number of benzene rings is 2. The van der Waals surface area contributed by atoms with Gasteiger partial charge in [0.2, 0.25) is 0 Å². The first-order valence-electron chi connectivity index (χ1n) is 9.37. The molecule has 0 saturated carbocycles. The van der Waals surface area contributed by atoms with Crippen LogP contribution < -0.4 is 5.32 Å². The van der Waals surface area contributed by atoms with Gasteiger partial charge in [-0.15, -0.1) is 0 Å². The molecule has 0 bridgehead atoms. The van der Waals surface area contributed by atoms with E-state index in [1.54, 1.807) is 18.2 Å². The van der Waals surface area contributed by atoms with Gasteiger partial charge < -0.3 is 10.1 Å². The fourth-order valence-electron chi connectivity index (χ4n) is 3.47. The smallest absolute Gasteiger partial charge is 0.251 e. The fraction of sp³-hybridized carbons (Fsp3) is 0.273. The predicted molar refractivity (Wildman–Crippen MR) is 109 cm³/mol. The van der Waals surface area contributed by atoms with E-state index in [-0.39, 0.29) is 12.0 Å². The highest BCUT2D eigenvalue weighted by Gasteiger charge is 2.25. The highest BCUT2D eigenvalue weighted by atomic mass is 35.5. The van der Waals surface area contributed by atoms with Crippen molar-refractivity contribution in [3.63, 3.8) is 0 Å². The molecule has 1 aliphatic rings. The first-order valence-corrected chi connectivity index (χ1v) is 9.74. The number of rotatable bonds is 5. The zero-order valence-electron chi connectivity index (χ0n) is 15.7. The molecule has 1 atom stereocenters. The average molecular weight is 396 g/mol. The van der Waals surface area contributed by atoms with Gasteiger partial charge in [0.25, 0.3) is 5.91 Å². The lowest BCUT2D eigenvalue weighted by Gasteiger charge is -2.22. The second-order valence-electron chi connectivity index (χ2n) is 6.95. The van der Waals surface area contributed by atoms with Crippen LogP contribution in [0.15, 0.2) is 54.7 Å². The summed E-state index contributed by atoms with van der Waals surface area (Å²) >= 11 is 6.13. The third-order valence-corrected chi connectivity index (χ3v) is 5.42. The van der Waals surface area contributed by atoms with Crippen molar-refractivity contribution in [2.45, 2.75) is 26.0 Å². The number of ether oxygens (including phenoxy) is 1. The molecule has 5 nitrogen and oxygen atoms in total. The van der Waals surface area contributed by atoms with E-state index in [1.807, 2.05) is 29.8 Å². The summed E-state index contributed by atoms with van der Waals surface area (Å²) in [6.07, 6.45) is 2.67. The normalized spacial score (nSPS) is 15.9. The minimum Gasteiger partial charge on any atom is -0.370 e. The number of aromatic nitrogens is 2. The average Bonchev–Trinajstić information content (AvgIpc) is 3.12. The second-order valence-corrected chi connectivity index (χ2v) is 7.36. The molecule has 0 radical (unpaired) electrons. The number of nitrogens with zero attached hydrogens (tertiary/aromatic N) is 2. The summed E-state index contributed by atoms with van der Waals surface area (Å²) < 4.78 is 7.84. The third-order valence-electron chi connectivity index (χ3n) is 5.01. The Bertz CT molecular complexity index is 985. The van der Waals surface area contributed by atoms with Crippen LogP contribution in [-0.2, 0) is 17.7 Å². The van der Waals surface area contributed by atoms with Crippen LogP contribution in [0.1, 0.15) is 38.8 Å². The van der Waals surface area contributed by atoms with Crippen LogP contribution in [0.5, 0.6) is 0 Å². The number of hydrogen-bond acceptors (Lipinski definition) is 3. The standard InChI is InChI=1S/C22H22ClN3O2/c1-15-18(8-5-9-19(15)23)22(27)24-12-20-21-17(10-11-28-20)14-26(25-21)13-16-6-3-2-4-7-16/h2-9,14,20H,10-13H2,1H3,(H,24,27). The van der Waals surface area contributed by atoms with E-state index in [0.29, 0.717) is 30.3 Å². The number of fused-ring (bicyclic) bond motifs is 1.